The molecule has 0 aliphatic rings. The van der Waals surface area contributed by atoms with Crippen LogP contribution in [0.25, 0.3) is 17.2 Å². The predicted octanol–water partition coefficient (Wildman–Crippen LogP) is 0.893. The largest absolute Gasteiger partial charge is 0.477 e. The van der Waals surface area contributed by atoms with Gasteiger partial charge in [-0.1, -0.05) is 6.07 Å². The highest BCUT2D eigenvalue weighted by molar-refractivity contribution is 5.87. The van der Waals surface area contributed by atoms with Crippen molar-refractivity contribution < 1.29 is 14.6 Å². The van der Waals surface area contributed by atoms with Gasteiger partial charge in [-0.05, 0) is 18.2 Å². The van der Waals surface area contributed by atoms with Crippen molar-refractivity contribution in [1.29, 1.82) is 0 Å². The van der Waals surface area contributed by atoms with E-state index in [0.29, 0.717) is 11.4 Å². The van der Waals surface area contributed by atoms with Crippen LogP contribution in [0.2, 0.25) is 0 Å². The number of aromatic carboxylic acids is 1. The maximum absolute atomic E-state index is 11.3. The molecule has 0 aromatic carbocycles. The normalized spacial score (nSPS) is 10.7. The first kappa shape index (κ1) is 12.0. The van der Waals surface area contributed by atoms with Crippen LogP contribution in [-0.4, -0.2) is 42.8 Å². The van der Waals surface area contributed by atoms with Gasteiger partial charge in [0.1, 0.15) is 0 Å². The molecule has 0 fully saturated rings. The first-order valence-corrected chi connectivity index (χ1v) is 5.65. The summed E-state index contributed by atoms with van der Waals surface area (Å²) in [5.74, 6) is -0.996. The molecule has 0 radical (unpaired) electrons. The molecule has 20 heavy (non-hydrogen) atoms. The number of nitrogens with zero attached hydrogens (tertiary/aromatic N) is 5. The Hall–Kier alpha value is -3.03. The van der Waals surface area contributed by atoms with Gasteiger partial charge < -0.3 is 9.84 Å². The quantitative estimate of drug-likeness (QED) is 0.754. The molecule has 0 unspecified atom stereocenters. The number of hydrogen-bond donors (Lipinski definition) is 1. The van der Waals surface area contributed by atoms with E-state index >= 15 is 0 Å². The average Bonchev–Trinajstić information content (AvgIpc) is 2.89. The minimum Gasteiger partial charge on any atom is -0.477 e. The second-order valence-corrected chi connectivity index (χ2v) is 3.86. The molecular weight excluding hydrogens is 262 g/mol. The van der Waals surface area contributed by atoms with Crippen LogP contribution in [0, 0.1) is 0 Å². The number of pyridine rings is 1. The van der Waals surface area contributed by atoms with Crippen LogP contribution in [0.1, 0.15) is 10.5 Å². The third-order valence-corrected chi connectivity index (χ3v) is 2.62. The summed E-state index contributed by atoms with van der Waals surface area (Å²) in [7, 11) is 1.40. The Labute approximate surface area is 112 Å². The number of methoxy groups -OCH3 is 1. The van der Waals surface area contributed by atoms with Gasteiger partial charge in [0.2, 0.25) is 0 Å². The summed E-state index contributed by atoms with van der Waals surface area (Å²) >= 11 is 0. The molecule has 0 saturated heterocycles. The summed E-state index contributed by atoms with van der Waals surface area (Å²) in [6.07, 6.45) is 1.60. The Kier molecular flexibility index (Phi) is 2.75. The summed E-state index contributed by atoms with van der Waals surface area (Å²) in [5.41, 5.74) is 0.900. The first-order valence-electron chi connectivity index (χ1n) is 5.65. The maximum Gasteiger partial charge on any atom is 0.354 e. The lowest BCUT2D eigenvalue weighted by Crippen LogP contribution is -2.08. The van der Waals surface area contributed by atoms with Crippen LogP contribution in [0.5, 0.6) is 6.01 Å². The second-order valence-electron chi connectivity index (χ2n) is 3.86. The fourth-order valence-electron chi connectivity index (χ4n) is 1.73. The van der Waals surface area contributed by atoms with Crippen LogP contribution < -0.4 is 4.74 Å². The lowest BCUT2D eigenvalue weighted by atomic mass is 10.2. The van der Waals surface area contributed by atoms with Crippen molar-refractivity contribution in [3.63, 3.8) is 0 Å². The van der Waals surface area contributed by atoms with Crippen molar-refractivity contribution in [3.05, 3.63) is 36.2 Å². The molecule has 3 aromatic heterocycles. The molecule has 3 rings (SSSR count). The minimum absolute atomic E-state index is 0.0539. The molecular formula is C12H9N5O3. The van der Waals surface area contributed by atoms with E-state index < -0.39 is 5.97 Å². The Morgan fingerprint density at radius 3 is 2.80 bits per heavy atom. The number of rotatable bonds is 3. The number of hydrogen-bond acceptors (Lipinski definition) is 6. The zero-order valence-corrected chi connectivity index (χ0v) is 10.4. The fraction of sp³-hybridized carbons (Fsp3) is 0.0833. The van der Waals surface area contributed by atoms with Gasteiger partial charge in [0.25, 0.3) is 5.78 Å². The van der Waals surface area contributed by atoms with E-state index in [9.17, 15) is 9.90 Å². The number of carboxylic acids is 1. The first-order chi connectivity index (χ1) is 9.69. The van der Waals surface area contributed by atoms with Gasteiger partial charge in [-0.3, -0.25) is 4.98 Å². The molecule has 1 N–H and O–H groups in total. The van der Waals surface area contributed by atoms with Crippen LogP contribution in [-0.2, 0) is 0 Å². The van der Waals surface area contributed by atoms with Gasteiger partial charge in [0.15, 0.2) is 5.69 Å². The van der Waals surface area contributed by atoms with E-state index in [4.69, 9.17) is 4.74 Å². The van der Waals surface area contributed by atoms with Crippen LogP contribution in [0.3, 0.4) is 0 Å². The van der Waals surface area contributed by atoms with Crippen molar-refractivity contribution in [1.82, 2.24) is 24.6 Å². The molecule has 0 saturated carbocycles. The monoisotopic (exact) mass is 271 g/mol. The van der Waals surface area contributed by atoms with E-state index in [0.717, 1.165) is 4.52 Å². The molecule has 0 aliphatic carbocycles. The SMILES string of the molecule is COc1nc2nc(-c3ccccn3)cc(C(=O)O)n2n1. The summed E-state index contributed by atoms with van der Waals surface area (Å²) < 4.78 is 6.01. The van der Waals surface area contributed by atoms with Crippen LogP contribution in [0.4, 0.5) is 0 Å². The van der Waals surface area contributed by atoms with Gasteiger partial charge in [0.05, 0.1) is 18.5 Å². The Bertz CT molecular complexity index is 784. The average molecular weight is 271 g/mol. The Morgan fingerprint density at radius 1 is 1.30 bits per heavy atom. The van der Waals surface area contributed by atoms with Crippen molar-refractivity contribution >= 4 is 11.7 Å². The summed E-state index contributed by atoms with van der Waals surface area (Å²) in [6, 6.07) is 6.74. The van der Waals surface area contributed by atoms with Gasteiger partial charge in [-0.15, -0.1) is 5.10 Å². The Balaban J connectivity index is 2.27. The van der Waals surface area contributed by atoms with E-state index in [1.165, 1.54) is 13.2 Å². The van der Waals surface area contributed by atoms with E-state index in [-0.39, 0.29) is 17.5 Å². The van der Waals surface area contributed by atoms with E-state index in [2.05, 4.69) is 20.1 Å². The van der Waals surface area contributed by atoms with Crippen LogP contribution >= 0.6 is 0 Å². The molecule has 3 heterocycles. The molecule has 8 nitrogen and oxygen atoms in total. The molecule has 0 aliphatic heterocycles. The number of fused-ring (bicyclic) bond motifs is 1. The van der Waals surface area contributed by atoms with E-state index in [1.54, 1.807) is 24.4 Å². The highest BCUT2D eigenvalue weighted by Crippen LogP contribution is 2.18. The van der Waals surface area contributed by atoms with Crippen molar-refractivity contribution in [3.8, 4) is 17.4 Å². The van der Waals surface area contributed by atoms with Crippen molar-refractivity contribution in [2.45, 2.75) is 0 Å². The standard InChI is InChI=1S/C12H9N5O3/c1-20-12-15-11-14-8(7-4-2-3-5-13-7)6-9(10(18)19)17(11)16-12/h2-6H,1H3,(H,18,19). The topological polar surface area (TPSA) is 102 Å². The third-order valence-electron chi connectivity index (χ3n) is 2.62. The lowest BCUT2D eigenvalue weighted by molar-refractivity contribution is 0.0687. The zero-order chi connectivity index (χ0) is 14.1. The number of ether oxygens (including phenoxy) is 1. The molecule has 0 atom stereocenters. The van der Waals surface area contributed by atoms with Gasteiger partial charge in [0, 0.05) is 6.20 Å². The lowest BCUT2D eigenvalue weighted by Gasteiger charge is -2.02. The van der Waals surface area contributed by atoms with E-state index in [1.807, 2.05) is 0 Å². The predicted molar refractivity (Wildman–Crippen MR) is 67.5 cm³/mol. The van der Waals surface area contributed by atoms with Crippen molar-refractivity contribution in [2.24, 2.45) is 0 Å². The number of aromatic nitrogens is 5. The Morgan fingerprint density at radius 2 is 2.15 bits per heavy atom. The zero-order valence-electron chi connectivity index (χ0n) is 10.4. The maximum atomic E-state index is 11.3. The second kappa shape index (κ2) is 4.57. The summed E-state index contributed by atoms with van der Waals surface area (Å²) in [6.45, 7) is 0. The third kappa shape index (κ3) is 1.92. The molecule has 0 spiro atoms. The molecule has 3 aromatic rings. The number of carbonyl (C=O) groups is 1. The van der Waals surface area contributed by atoms with Crippen LogP contribution in [0.15, 0.2) is 30.5 Å². The van der Waals surface area contributed by atoms with Gasteiger partial charge in [-0.2, -0.15) is 9.50 Å². The summed E-state index contributed by atoms with van der Waals surface area (Å²) in [4.78, 5) is 23.7. The van der Waals surface area contributed by atoms with Crippen molar-refractivity contribution in [2.75, 3.05) is 7.11 Å². The highest BCUT2D eigenvalue weighted by atomic mass is 16.5. The molecule has 0 bridgehead atoms. The molecule has 8 heteroatoms. The molecule has 100 valence electrons. The smallest absolute Gasteiger partial charge is 0.354 e. The van der Waals surface area contributed by atoms with Gasteiger partial charge >= 0.3 is 12.0 Å². The fourth-order valence-corrected chi connectivity index (χ4v) is 1.73. The molecule has 0 amide bonds. The highest BCUT2D eigenvalue weighted by Gasteiger charge is 2.17. The summed E-state index contributed by atoms with van der Waals surface area (Å²) in [5, 5.41) is 13.2. The van der Waals surface area contributed by atoms with Gasteiger partial charge in [-0.25, -0.2) is 9.78 Å². The number of carboxylic acid groups (broad SMARTS) is 1. The minimum atomic E-state index is -1.14.